The number of rotatable bonds is 4. The fraction of sp³-hybridized carbons (Fsp3) is 0.588. The zero-order chi connectivity index (χ0) is 15.5. The van der Waals surface area contributed by atoms with Crippen LogP contribution in [0.4, 0.5) is 0 Å². The number of hydrogen-bond acceptors (Lipinski definition) is 3. The highest BCUT2D eigenvalue weighted by atomic mass is 16.5. The number of fused-ring (bicyclic) bond motifs is 1. The van der Waals surface area contributed by atoms with Crippen LogP contribution >= 0.6 is 0 Å². The van der Waals surface area contributed by atoms with Crippen LogP contribution in [0.25, 0.3) is 0 Å². The number of para-hydroxylation sites is 1. The van der Waals surface area contributed by atoms with Crippen molar-refractivity contribution < 1.29 is 9.53 Å². The van der Waals surface area contributed by atoms with Crippen LogP contribution in [0.3, 0.4) is 0 Å². The molecule has 4 nitrogen and oxygen atoms in total. The summed E-state index contributed by atoms with van der Waals surface area (Å²) in [6.45, 7) is 7.42. The van der Waals surface area contributed by atoms with E-state index in [2.05, 4.69) is 26.1 Å². The molecule has 0 spiro atoms. The number of carbonyl (C=O) groups excluding carboxylic acids is 1. The maximum atomic E-state index is 12.2. The second-order valence-corrected chi connectivity index (χ2v) is 7.09. The van der Waals surface area contributed by atoms with Crippen LogP contribution in [0.1, 0.15) is 32.8 Å². The Morgan fingerprint density at radius 3 is 2.86 bits per heavy atom. The molecule has 116 valence electrons. The highest BCUT2D eigenvalue weighted by molar-refractivity contribution is 5.79. The largest absolute Gasteiger partial charge is 0.492 e. The monoisotopic (exact) mass is 290 g/mol. The average molecular weight is 290 g/mol. The number of nitrogens with two attached hydrogens (primary N) is 1. The quantitative estimate of drug-likeness (QED) is 0.892. The van der Waals surface area contributed by atoms with Gasteiger partial charge in [-0.2, -0.15) is 0 Å². The summed E-state index contributed by atoms with van der Waals surface area (Å²) >= 11 is 0. The first-order valence-corrected chi connectivity index (χ1v) is 7.59. The number of hydrogen-bond donors (Lipinski definition) is 2. The van der Waals surface area contributed by atoms with Crippen molar-refractivity contribution in [1.82, 2.24) is 5.32 Å². The van der Waals surface area contributed by atoms with Crippen LogP contribution < -0.4 is 15.8 Å². The maximum Gasteiger partial charge on any atom is 0.226 e. The molecule has 4 heteroatoms. The molecule has 1 heterocycles. The molecule has 1 aliphatic heterocycles. The first-order valence-electron chi connectivity index (χ1n) is 7.59. The van der Waals surface area contributed by atoms with Gasteiger partial charge in [-0.15, -0.1) is 0 Å². The van der Waals surface area contributed by atoms with Crippen LogP contribution in [0.5, 0.6) is 5.75 Å². The first-order chi connectivity index (χ1) is 9.85. The van der Waals surface area contributed by atoms with E-state index in [0.717, 1.165) is 24.2 Å². The Balaban J connectivity index is 1.82. The number of nitrogens with one attached hydrogen (secondary N) is 1. The minimum Gasteiger partial charge on any atom is -0.492 e. The number of ether oxygens (including phenoxy) is 1. The molecule has 0 saturated heterocycles. The molecule has 1 aromatic rings. The molecule has 21 heavy (non-hydrogen) atoms. The lowest BCUT2D eigenvalue weighted by molar-refractivity contribution is -0.126. The van der Waals surface area contributed by atoms with Crippen molar-refractivity contribution in [3.05, 3.63) is 29.8 Å². The van der Waals surface area contributed by atoms with Crippen molar-refractivity contribution in [3.63, 3.8) is 0 Å². The molecule has 3 N–H and O–H groups in total. The van der Waals surface area contributed by atoms with E-state index in [9.17, 15) is 4.79 Å². The summed E-state index contributed by atoms with van der Waals surface area (Å²) in [6, 6.07) is 7.88. The lowest BCUT2D eigenvalue weighted by Gasteiger charge is -2.26. The summed E-state index contributed by atoms with van der Waals surface area (Å²) in [6.07, 6.45) is 1.62. The summed E-state index contributed by atoms with van der Waals surface area (Å²) in [5.74, 6) is 0.807. The molecule has 1 aromatic carbocycles. The van der Waals surface area contributed by atoms with Crippen molar-refractivity contribution >= 4 is 5.91 Å². The molecule has 0 aromatic heterocycles. The fourth-order valence-corrected chi connectivity index (χ4v) is 2.73. The van der Waals surface area contributed by atoms with E-state index < -0.39 is 0 Å². The molecule has 0 radical (unpaired) electrons. The first kappa shape index (κ1) is 15.8. The van der Waals surface area contributed by atoms with Crippen molar-refractivity contribution in [2.45, 2.75) is 39.7 Å². The van der Waals surface area contributed by atoms with Crippen LogP contribution in [-0.2, 0) is 11.2 Å². The van der Waals surface area contributed by atoms with E-state index in [1.54, 1.807) is 0 Å². The van der Waals surface area contributed by atoms with E-state index in [1.807, 2.05) is 24.3 Å². The van der Waals surface area contributed by atoms with E-state index in [-0.39, 0.29) is 23.3 Å². The second kappa shape index (κ2) is 6.48. The average Bonchev–Trinajstić information content (AvgIpc) is 2.42. The highest BCUT2D eigenvalue weighted by Crippen LogP contribution is 2.26. The molecule has 2 atom stereocenters. The van der Waals surface area contributed by atoms with Gasteiger partial charge in [0.05, 0.1) is 5.92 Å². The Labute approximate surface area is 127 Å². The molecule has 0 aliphatic carbocycles. The van der Waals surface area contributed by atoms with Crippen LogP contribution in [0, 0.1) is 11.3 Å². The third-order valence-electron chi connectivity index (χ3n) is 3.66. The van der Waals surface area contributed by atoms with Gasteiger partial charge in [0.1, 0.15) is 12.4 Å². The van der Waals surface area contributed by atoms with E-state index in [1.165, 1.54) is 0 Å². The van der Waals surface area contributed by atoms with Gasteiger partial charge in [0.25, 0.3) is 0 Å². The Morgan fingerprint density at radius 2 is 2.14 bits per heavy atom. The zero-order valence-electron chi connectivity index (χ0n) is 13.2. The molecule has 0 fully saturated rings. The van der Waals surface area contributed by atoms with Crippen molar-refractivity contribution in [2.24, 2.45) is 17.1 Å². The molecular formula is C17H26N2O2. The lowest BCUT2D eigenvalue weighted by atomic mass is 9.88. The molecule has 0 saturated carbocycles. The predicted octanol–water partition coefficient (Wildman–Crippen LogP) is 2.12. The minimum atomic E-state index is -0.123. The zero-order valence-corrected chi connectivity index (χ0v) is 13.2. The summed E-state index contributed by atoms with van der Waals surface area (Å²) in [5, 5.41) is 2.96. The Morgan fingerprint density at radius 1 is 1.43 bits per heavy atom. The SMILES string of the molecule is CC(C)(C)CC(N)CNC(=O)C1COc2ccccc2C1. The van der Waals surface area contributed by atoms with Crippen LogP contribution in [0.2, 0.25) is 0 Å². The van der Waals surface area contributed by atoms with Crippen LogP contribution in [0.15, 0.2) is 24.3 Å². The third-order valence-corrected chi connectivity index (χ3v) is 3.66. The Hall–Kier alpha value is -1.55. The number of carbonyl (C=O) groups is 1. The van der Waals surface area contributed by atoms with E-state index in [0.29, 0.717) is 13.2 Å². The second-order valence-electron chi connectivity index (χ2n) is 7.09. The van der Waals surface area contributed by atoms with Crippen molar-refractivity contribution in [3.8, 4) is 5.75 Å². The molecule has 2 unspecified atom stereocenters. The van der Waals surface area contributed by atoms with Gasteiger partial charge in [0.15, 0.2) is 0 Å². The molecule has 2 rings (SSSR count). The molecule has 0 bridgehead atoms. The lowest BCUT2D eigenvalue weighted by Crippen LogP contribution is -2.44. The smallest absolute Gasteiger partial charge is 0.226 e. The van der Waals surface area contributed by atoms with Crippen LogP contribution in [-0.4, -0.2) is 25.1 Å². The Kier molecular flexibility index (Phi) is 4.88. The standard InChI is InChI=1S/C17H26N2O2/c1-17(2,3)9-14(18)10-19-16(20)13-8-12-6-4-5-7-15(12)21-11-13/h4-7,13-14H,8-11,18H2,1-3H3,(H,19,20). The minimum absolute atomic E-state index is 0.00857. The topological polar surface area (TPSA) is 64.3 Å². The van der Waals surface area contributed by atoms with Crippen molar-refractivity contribution in [1.29, 1.82) is 0 Å². The van der Waals surface area contributed by atoms with Gasteiger partial charge in [-0.1, -0.05) is 39.0 Å². The molecule has 1 aliphatic rings. The van der Waals surface area contributed by atoms with Gasteiger partial charge in [0.2, 0.25) is 5.91 Å². The molecular weight excluding hydrogens is 264 g/mol. The normalized spacial score (nSPS) is 19.3. The van der Waals surface area contributed by atoms with Gasteiger partial charge in [-0.25, -0.2) is 0 Å². The predicted molar refractivity (Wildman–Crippen MR) is 84.2 cm³/mol. The van der Waals surface area contributed by atoms with Gasteiger partial charge >= 0.3 is 0 Å². The maximum absolute atomic E-state index is 12.2. The highest BCUT2D eigenvalue weighted by Gasteiger charge is 2.26. The third kappa shape index (κ3) is 4.74. The number of benzene rings is 1. The Bertz CT molecular complexity index is 494. The number of amides is 1. The summed E-state index contributed by atoms with van der Waals surface area (Å²) < 4.78 is 5.65. The van der Waals surface area contributed by atoms with Gasteiger partial charge in [-0.3, -0.25) is 4.79 Å². The van der Waals surface area contributed by atoms with E-state index in [4.69, 9.17) is 10.5 Å². The summed E-state index contributed by atoms with van der Waals surface area (Å²) in [4.78, 5) is 12.2. The van der Waals surface area contributed by atoms with Gasteiger partial charge in [0, 0.05) is 12.6 Å². The van der Waals surface area contributed by atoms with E-state index >= 15 is 0 Å². The summed E-state index contributed by atoms with van der Waals surface area (Å²) in [5.41, 5.74) is 7.35. The fourth-order valence-electron chi connectivity index (χ4n) is 2.73. The summed E-state index contributed by atoms with van der Waals surface area (Å²) in [7, 11) is 0. The van der Waals surface area contributed by atoms with Gasteiger partial charge in [-0.05, 0) is 29.9 Å². The van der Waals surface area contributed by atoms with Crippen molar-refractivity contribution in [2.75, 3.05) is 13.2 Å². The van der Waals surface area contributed by atoms with Gasteiger partial charge < -0.3 is 15.8 Å². The molecule has 1 amide bonds.